The molecule has 0 atom stereocenters. The number of fused-ring (bicyclic) bond motifs is 4. The molecule has 1 saturated carbocycles. The monoisotopic (exact) mass is 544 g/mol. The summed E-state index contributed by atoms with van der Waals surface area (Å²) in [5.41, 5.74) is 17.3. The van der Waals surface area contributed by atoms with Gasteiger partial charge in [-0.2, -0.15) is 0 Å². The van der Waals surface area contributed by atoms with Crippen LogP contribution < -0.4 is 26.2 Å². The van der Waals surface area contributed by atoms with Gasteiger partial charge in [0.1, 0.15) is 0 Å². The van der Waals surface area contributed by atoms with E-state index < -0.39 is 0 Å². The number of hydrogen-bond donors (Lipinski definition) is 0. The average molecular weight is 545 g/mol. The van der Waals surface area contributed by atoms with Gasteiger partial charge in [-0.05, 0) is 127 Å². The lowest BCUT2D eigenvalue weighted by Gasteiger charge is -2.45. The molecular formula is C39H37BN2. The van der Waals surface area contributed by atoms with Crippen LogP contribution in [0.1, 0.15) is 60.3 Å². The first kappa shape index (κ1) is 25.5. The molecule has 0 saturated heterocycles. The Balaban J connectivity index is 1.49. The van der Waals surface area contributed by atoms with Crippen molar-refractivity contribution in [3.63, 3.8) is 0 Å². The summed E-state index contributed by atoms with van der Waals surface area (Å²) in [6, 6.07) is 39.4. The van der Waals surface area contributed by atoms with E-state index in [1.54, 1.807) is 0 Å². The molecule has 0 amide bonds. The van der Waals surface area contributed by atoms with E-state index >= 15 is 0 Å². The lowest BCUT2D eigenvalue weighted by atomic mass is 9.33. The summed E-state index contributed by atoms with van der Waals surface area (Å²) in [7, 11) is 0. The number of nitrogens with zero attached hydrogens (tertiary/aromatic N) is 2. The molecule has 0 bridgehead atoms. The molecule has 0 radical (unpaired) electrons. The normalized spacial score (nSPS) is 15.7. The minimum absolute atomic E-state index is 0.183. The molecule has 3 heteroatoms. The Morgan fingerprint density at radius 2 is 1.10 bits per heavy atom. The Morgan fingerprint density at radius 1 is 0.524 bits per heavy atom. The fraction of sp³-hybridized carbons (Fsp3) is 0.231. The van der Waals surface area contributed by atoms with Gasteiger partial charge in [-0.1, -0.05) is 73.9 Å². The number of para-hydroxylation sites is 1. The van der Waals surface area contributed by atoms with Crippen molar-refractivity contribution >= 4 is 57.2 Å². The first-order valence-corrected chi connectivity index (χ1v) is 15.7. The summed E-state index contributed by atoms with van der Waals surface area (Å²) in [4.78, 5) is 5.12. The van der Waals surface area contributed by atoms with Crippen LogP contribution >= 0.6 is 0 Å². The van der Waals surface area contributed by atoms with E-state index in [4.69, 9.17) is 0 Å². The fourth-order valence-electron chi connectivity index (χ4n) is 7.80. The van der Waals surface area contributed by atoms with Crippen LogP contribution in [0.15, 0.2) is 103 Å². The predicted octanol–water partition coefficient (Wildman–Crippen LogP) is 8.74. The SMILES string of the molecule is Cc1cccc(N2c3cc(C)ccc3B3c4ccc(C)cc4N(c4ccccc4)c4cc(C5CCCCC5)cc2c43)c1. The highest BCUT2D eigenvalue weighted by atomic mass is 15.2. The van der Waals surface area contributed by atoms with Gasteiger partial charge < -0.3 is 9.80 Å². The van der Waals surface area contributed by atoms with Gasteiger partial charge in [0.25, 0.3) is 6.71 Å². The maximum atomic E-state index is 2.57. The molecule has 0 unspecified atom stereocenters. The zero-order valence-corrected chi connectivity index (χ0v) is 24.9. The standard InChI is InChI=1S/C39H37BN2/c1-26-11-10-16-32(21-26)42-36-23-28(3)18-20-34(36)40-33-19-17-27(2)22-35(33)41(31-14-8-5-9-15-31)37-24-30(25-38(42)39(37)40)29-12-6-4-7-13-29/h5,8-11,14-25,29H,4,6-7,12-13H2,1-3H3. The molecule has 2 nitrogen and oxygen atoms in total. The third-order valence-corrected chi connectivity index (χ3v) is 9.76. The van der Waals surface area contributed by atoms with Gasteiger partial charge in [0.15, 0.2) is 0 Å². The molecular weight excluding hydrogens is 507 g/mol. The van der Waals surface area contributed by atoms with Crippen molar-refractivity contribution in [1.82, 2.24) is 0 Å². The van der Waals surface area contributed by atoms with E-state index in [9.17, 15) is 0 Å². The average Bonchev–Trinajstić information content (AvgIpc) is 3.01. The Kier molecular flexibility index (Phi) is 6.03. The molecule has 0 aromatic heterocycles. The van der Waals surface area contributed by atoms with Crippen molar-refractivity contribution in [2.24, 2.45) is 0 Å². The number of benzene rings is 5. The quantitative estimate of drug-likeness (QED) is 0.205. The maximum absolute atomic E-state index is 2.57. The Hall–Kier alpha value is -4.24. The summed E-state index contributed by atoms with van der Waals surface area (Å²) in [6.45, 7) is 6.84. The zero-order chi connectivity index (χ0) is 28.4. The highest BCUT2D eigenvalue weighted by Gasteiger charge is 2.43. The fourth-order valence-corrected chi connectivity index (χ4v) is 7.80. The van der Waals surface area contributed by atoms with E-state index in [1.165, 1.54) is 105 Å². The van der Waals surface area contributed by atoms with Gasteiger partial charge in [-0.15, -0.1) is 0 Å². The Morgan fingerprint density at radius 3 is 1.71 bits per heavy atom. The number of hydrogen-bond acceptors (Lipinski definition) is 2. The highest BCUT2D eigenvalue weighted by molar-refractivity contribution is 7.00. The van der Waals surface area contributed by atoms with E-state index in [1.807, 2.05) is 0 Å². The number of anilines is 6. The van der Waals surface area contributed by atoms with Crippen LogP contribution in [0, 0.1) is 20.8 Å². The molecule has 2 aliphatic heterocycles. The first-order valence-electron chi connectivity index (χ1n) is 15.7. The highest BCUT2D eigenvalue weighted by Crippen LogP contribution is 2.46. The van der Waals surface area contributed by atoms with Crippen molar-refractivity contribution in [3.8, 4) is 0 Å². The number of aryl methyl sites for hydroxylation is 3. The smallest absolute Gasteiger partial charge is 0.252 e. The molecule has 1 aliphatic carbocycles. The van der Waals surface area contributed by atoms with E-state index in [2.05, 4.69) is 134 Å². The second-order valence-corrected chi connectivity index (χ2v) is 12.7. The lowest BCUT2D eigenvalue weighted by molar-refractivity contribution is 0.444. The molecule has 8 rings (SSSR count). The molecule has 206 valence electrons. The Bertz CT molecular complexity index is 1820. The van der Waals surface area contributed by atoms with Gasteiger partial charge in [0, 0.05) is 34.1 Å². The van der Waals surface area contributed by atoms with Crippen LogP contribution in [0.5, 0.6) is 0 Å². The first-order chi connectivity index (χ1) is 20.6. The summed E-state index contributed by atoms with van der Waals surface area (Å²) < 4.78 is 0. The molecule has 5 aromatic carbocycles. The largest absolute Gasteiger partial charge is 0.311 e. The predicted molar refractivity (Wildman–Crippen MR) is 181 cm³/mol. The van der Waals surface area contributed by atoms with Crippen LogP contribution in [-0.2, 0) is 0 Å². The second-order valence-electron chi connectivity index (χ2n) is 12.7. The molecule has 0 N–H and O–H groups in total. The van der Waals surface area contributed by atoms with Crippen LogP contribution in [0.3, 0.4) is 0 Å². The number of rotatable bonds is 3. The maximum Gasteiger partial charge on any atom is 0.252 e. The molecule has 1 fully saturated rings. The molecule has 3 aliphatic rings. The van der Waals surface area contributed by atoms with Gasteiger partial charge in [-0.25, -0.2) is 0 Å². The van der Waals surface area contributed by atoms with Crippen molar-refractivity contribution < 1.29 is 0 Å². The van der Waals surface area contributed by atoms with E-state index in [0.717, 1.165) is 0 Å². The topological polar surface area (TPSA) is 6.48 Å². The third kappa shape index (κ3) is 4.01. The third-order valence-electron chi connectivity index (χ3n) is 9.76. The van der Waals surface area contributed by atoms with Gasteiger partial charge >= 0.3 is 0 Å². The zero-order valence-electron chi connectivity index (χ0n) is 24.9. The van der Waals surface area contributed by atoms with Crippen LogP contribution in [-0.4, -0.2) is 6.71 Å². The Labute approximate surface area is 250 Å². The van der Waals surface area contributed by atoms with Crippen LogP contribution in [0.2, 0.25) is 0 Å². The van der Waals surface area contributed by atoms with Crippen molar-refractivity contribution in [2.45, 2.75) is 58.8 Å². The van der Waals surface area contributed by atoms with E-state index in [0.29, 0.717) is 5.92 Å². The molecule has 42 heavy (non-hydrogen) atoms. The minimum Gasteiger partial charge on any atom is -0.311 e. The van der Waals surface area contributed by atoms with Crippen molar-refractivity contribution in [2.75, 3.05) is 9.80 Å². The van der Waals surface area contributed by atoms with Crippen molar-refractivity contribution in [3.05, 3.63) is 125 Å². The molecule has 2 heterocycles. The van der Waals surface area contributed by atoms with E-state index in [-0.39, 0.29) is 6.71 Å². The van der Waals surface area contributed by atoms with Crippen molar-refractivity contribution in [1.29, 1.82) is 0 Å². The summed E-state index contributed by atoms with van der Waals surface area (Å²) in [5.74, 6) is 0.605. The van der Waals surface area contributed by atoms with Gasteiger partial charge in [-0.3, -0.25) is 0 Å². The van der Waals surface area contributed by atoms with Gasteiger partial charge in [0.2, 0.25) is 0 Å². The minimum atomic E-state index is 0.183. The second kappa shape index (κ2) is 9.95. The van der Waals surface area contributed by atoms with Gasteiger partial charge in [0.05, 0.1) is 0 Å². The van der Waals surface area contributed by atoms with Crippen LogP contribution in [0.4, 0.5) is 34.1 Å². The summed E-state index contributed by atoms with van der Waals surface area (Å²) in [6.07, 6.45) is 6.58. The summed E-state index contributed by atoms with van der Waals surface area (Å²) >= 11 is 0. The lowest BCUT2D eigenvalue weighted by Crippen LogP contribution is -2.61. The van der Waals surface area contributed by atoms with Crippen LogP contribution in [0.25, 0.3) is 0 Å². The molecule has 0 spiro atoms. The molecule has 5 aromatic rings. The summed E-state index contributed by atoms with van der Waals surface area (Å²) in [5, 5.41) is 0.